The number of carbonyl (C=O) groups excluding carboxylic acids is 2. The van der Waals surface area contributed by atoms with Gasteiger partial charge in [-0.2, -0.15) is 0 Å². The highest BCUT2D eigenvalue weighted by molar-refractivity contribution is 5.90. The molecule has 0 saturated heterocycles. The molecule has 1 N–H and O–H groups in total. The summed E-state index contributed by atoms with van der Waals surface area (Å²) >= 11 is 0. The second-order valence-corrected chi connectivity index (χ2v) is 4.92. The number of esters is 1. The van der Waals surface area contributed by atoms with Crippen molar-refractivity contribution in [3.05, 3.63) is 30.1 Å². The lowest BCUT2D eigenvalue weighted by molar-refractivity contribution is -0.142. The van der Waals surface area contributed by atoms with Crippen LogP contribution in [-0.4, -0.2) is 43.0 Å². The van der Waals surface area contributed by atoms with E-state index in [0.29, 0.717) is 6.54 Å². The Labute approximate surface area is 124 Å². The highest BCUT2D eigenvalue weighted by atomic mass is 19.1. The number of benzene rings is 1. The molecule has 0 aliphatic heterocycles. The van der Waals surface area contributed by atoms with Gasteiger partial charge in [-0.25, -0.2) is 4.39 Å². The summed E-state index contributed by atoms with van der Waals surface area (Å²) in [6, 6.07) is 6.10. The van der Waals surface area contributed by atoms with E-state index in [0.717, 1.165) is 0 Å². The Bertz CT molecular complexity index is 492. The smallest absolute Gasteiger partial charge is 0.319 e. The van der Waals surface area contributed by atoms with Gasteiger partial charge in [-0.15, -0.1) is 0 Å². The molecule has 0 heterocycles. The lowest BCUT2D eigenvalue weighted by Gasteiger charge is -2.24. The van der Waals surface area contributed by atoms with Crippen LogP contribution in [-0.2, 0) is 14.3 Å². The minimum atomic E-state index is -0.471. The third kappa shape index (κ3) is 5.91. The molecule has 1 rings (SSSR count). The lowest BCUT2D eigenvalue weighted by Crippen LogP contribution is -2.38. The van der Waals surface area contributed by atoms with Crippen LogP contribution >= 0.6 is 0 Å². The zero-order chi connectivity index (χ0) is 15.8. The van der Waals surface area contributed by atoms with Crippen molar-refractivity contribution in [3.63, 3.8) is 0 Å². The Morgan fingerprint density at radius 2 is 2.00 bits per heavy atom. The SMILES string of the molecule is COC(=O)CN(CCC(=O)Nc1ccccc1F)C(C)C. The van der Waals surface area contributed by atoms with E-state index in [-0.39, 0.29) is 36.6 Å². The molecular weight excluding hydrogens is 275 g/mol. The van der Waals surface area contributed by atoms with Gasteiger partial charge in [-0.3, -0.25) is 14.5 Å². The standard InChI is InChI=1S/C15H21FN2O3/c1-11(2)18(10-15(20)21-3)9-8-14(19)17-13-7-5-4-6-12(13)16/h4-7,11H,8-10H2,1-3H3,(H,17,19). The maximum absolute atomic E-state index is 13.4. The molecule has 1 aromatic carbocycles. The van der Waals surface area contributed by atoms with Gasteiger partial charge in [0, 0.05) is 19.0 Å². The molecule has 0 bridgehead atoms. The Balaban J connectivity index is 2.50. The van der Waals surface area contributed by atoms with Crippen LogP contribution in [0.1, 0.15) is 20.3 Å². The largest absolute Gasteiger partial charge is 0.468 e. The molecule has 6 heteroatoms. The van der Waals surface area contributed by atoms with Crippen LogP contribution in [0.4, 0.5) is 10.1 Å². The molecule has 0 unspecified atom stereocenters. The van der Waals surface area contributed by atoms with Crippen LogP contribution in [0, 0.1) is 5.82 Å². The quantitative estimate of drug-likeness (QED) is 0.782. The van der Waals surface area contributed by atoms with Crippen LogP contribution in [0.5, 0.6) is 0 Å². The van der Waals surface area contributed by atoms with Gasteiger partial charge in [0.15, 0.2) is 0 Å². The third-order valence-electron chi connectivity index (χ3n) is 3.06. The number of halogens is 1. The Hall–Kier alpha value is -1.95. The van der Waals surface area contributed by atoms with E-state index in [4.69, 9.17) is 0 Å². The lowest BCUT2D eigenvalue weighted by atomic mass is 10.2. The molecule has 0 aliphatic rings. The number of para-hydroxylation sites is 1. The summed E-state index contributed by atoms with van der Waals surface area (Å²) in [7, 11) is 1.33. The van der Waals surface area contributed by atoms with E-state index in [1.165, 1.54) is 19.2 Å². The number of nitrogens with zero attached hydrogens (tertiary/aromatic N) is 1. The molecular formula is C15H21FN2O3. The van der Waals surface area contributed by atoms with E-state index in [2.05, 4.69) is 10.1 Å². The summed E-state index contributed by atoms with van der Waals surface area (Å²) in [6.07, 6.45) is 0.170. The second kappa shape index (κ2) is 8.36. The zero-order valence-electron chi connectivity index (χ0n) is 12.6. The molecule has 0 spiro atoms. The molecule has 1 aromatic rings. The maximum Gasteiger partial charge on any atom is 0.319 e. The summed E-state index contributed by atoms with van der Waals surface area (Å²) in [5, 5.41) is 2.52. The van der Waals surface area contributed by atoms with Gasteiger partial charge in [0.1, 0.15) is 5.82 Å². The first-order chi connectivity index (χ1) is 9.93. The van der Waals surface area contributed by atoms with Gasteiger partial charge in [0.25, 0.3) is 0 Å². The van der Waals surface area contributed by atoms with Gasteiger partial charge in [0.2, 0.25) is 5.91 Å². The summed E-state index contributed by atoms with van der Waals surface area (Å²) in [4.78, 5) is 24.9. The van der Waals surface area contributed by atoms with Gasteiger partial charge in [0.05, 0.1) is 19.3 Å². The van der Waals surface area contributed by atoms with Crippen LogP contribution in [0.15, 0.2) is 24.3 Å². The van der Waals surface area contributed by atoms with E-state index < -0.39 is 5.82 Å². The number of amides is 1. The van der Waals surface area contributed by atoms with Crippen molar-refractivity contribution >= 4 is 17.6 Å². The van der Waals surface area contributed by atoms with Gasteiger partial charge in [-0.1, -0.05) is 12.1 Å². The molecule has 0 aromatic heterocycles. The topological polar surface area (TPSA) is 58.6 Å². The van der Waals surface area contributed by atoms with Crippen molar-refractivity contribution < 1.29 is 18.7 Å². The first kappa shape index (κ1) is 17.1. The number of hydrogen-bond donors (Lipinski definition) is 1. The first-order valence-electron chi connectivity index (χ1n) is 6.79. The highest BCUT2D eigenvalue weighted by Crippen LogP contribution is 2.12. The number of nitrogens with one attached hydrogen (secondary N) is 1. The number of methoxy groups -OCH3 is 1. The second-order valence-electron chi connectivity index (χ2n) is 4.92. The number of anilines is 1. The van der Waals surface area contributed by atoms with Crippen LogP contribution in [0.2, 0.25) is 0 Å². The van der Waals surface area contributed by atoms with E-state index in [9.17, 15) is 14.0 Å². The average Bonchev–Trinajstić information content (AvgIpc) is 2.45. The summed E-state index contributed by atoms with van der Waals surface area (Å²) in [5.74, 6) is -1.12. The van der Waals surface area contributed by atoms with Crippen molar-refractivity contribution in [1.82, 2.24) is 4.90 Å². The maximum atomic E-state index is 13.4. The van der Waals surface area contributed by atoms with Crippen molar-refractivity contribution in [2.75, 3.05) is 25.5 Å². The fourth-order valence-electron chi connectivity index (χ4n) is 1.77. The van der Waals surface area contributed by atoms with E-state index in [1.807, 2.05) is 18.7 Å². The van der Waals surface area contributed by atoms with Gasteiger partial charge < -0.3 is 10.1 Å². The molecule has 0 aliphatic carbocycles. The first-order valence-corrected chi connectivity index (χ1v) is 6.79. The fraction of sp³-hybridized carbons (Fsp3) is 0.467. The van der Waals surface area contributed by atoms with Gasteiger partial charge in [-0.05, 0) is 26.0 Å². The van der Waals surface area contributed by atoms with Gasteiger partial charge >= 0.3 is 5.97 Å². The van der Waals surface area contributed by atoms with Crippen LogP contribution in [0.25, 0.3) is 0 Å². The molecule has 0 radical (unpaired) electrons. The molecule has 21 heavy (non-hydrogen) atoms. The predicted molar refractivity (Wildman–Crippen MR) is 78.4 cm³/mol. The van der Waals surface area contributed by atoms with E-state index in [1.54, 1.807) is 12.1 Å². The van der Waals surface area contributed by atoms with Crippen molar-refractivity contribution in [3.8, 4) is 0 Å². The third-order valence-corrected chi connectivity index (χ3v) is 3.06. The van der Waals surface area contributed by atoms with Crippen molar-refractivity contribution in [2.45, 2.75) is 26.3 Å². The molecule has 0 saturated carbocycles. The Morgan fingerprint density at radius 3 is 2.57 bits per heavy atom. The Kier molecular flexibility index (Phi) is 6.81. The average molecular weight is 296 g/mol. The molecule has 1 amide bonds. The Morgan fingerprint density at radius 1 is 1.33 bits per heavy atom. The normalized spacial score (nSPS) is 10.8. The predicted octanol–water partition coefficient (Wildman–Crippen LogP) is 2.04. The summed E-state index contributed by atoms with van der Waals surface area (Å²) < 4.78 is 18.0. The number of ether oxygens (including phenoxy) is 1. The number of hydrogen-bond acceptors (Lipinski definition) is 4. The van der Waals surface area contributed by atoms with Crippen molar-refractivity contribution in [1.29, 1.82) is 0 Å². The monoisotopic (exact) mass is 296 g/mol. The van der Waals surface area contributed by atoms with Crippen LogP contribution in [0.3, 0.4) is 0 Å². The zero-order valence-corrected chi connectivity index (χ0v) is 12.6. The fourth-order valence-corrected chi connectivity index (χ4v) is 1.77. The van der Waals surface area contributed by atoms with Crippen LogP contribution < -0.4 is 5.32 Å². The highest BCUT2D eigenvalue weighted by Gasteiger charge is 2.16. The number of rotatable bonds is 7. The molecule has 116 valence electrons. The molecule has 0 atom stereocenters. The summed E-state index contributed by atoms with van der Waals surface area (Å²) in [5.41, 5.74) is 0.159. The molecule has 0 fully saturated rings. The minimum absolute atomic E-state index is 0.102. The molecule has 5 nitrogen and oxygen atoms in total. The van der Waals surface area contributed by atoms with E-state index >= 15 is 0 Å². The van der Waals surface area contributed by atoms with Crippen molar-refractivity contribution in [2.24, 2.45) is 0 Å². The summed E-state index contributed by atoms with van der Waals surface area (Å²) in [6.45, 7) is 4.38. The minimum Gasteiger partial charge on any atom is -0.468 e. The number of carbonyl (C=O) groups is 2.